The van der Waals surface area contributed by atoms with Crippen LogP contribution in [0.25, 0.3) is 10.6 Å². The minimum atomic E-state index is -1.67. The van der Waals surface area contributed by atoms with Gasteiger partial charge in [0, 0.05) is 0 Å². The molecule has 9 aliphatic rings. The summed E-state index contributed by atoms with van der Waals surface area (Å²) in [7, 11) is 0. The molecule has 5 saturated heterocycles. The zero-order valence-electron chi connectivity index (χ0n) is 26.7. The zero-order chi connectivity index (χ0) is 33.2. The predicted octanol–water partition coefficient (Wildman–Crippen LogP) is 3.76. The first kappa shape index (κ1) is 35.7. The maximum Gasteiger partial charge on any atom is 2.00 e. The molecule has 8 bridgehead atoms. The van der Waals surface area contributed by atoms with Crippen molar-refractivity contribution in [2.45, 2.75) is 150 Å². The molecule has 9 rings (SSSR count). The van der Waals surface area contributed by atoms with Crippen molar-refractivity contribution >= 4 is 0 Å². The smallest absolute Gasteiger partial charge is 0.632 e. The fourth-order valence-corrected chi connectivity index (χ4v) is 11.4. The van der Waals surface area contributed by atoms with Gasteiger partial charge in [0.2, 0.25) is 0 Å². The minimum Gasteiger partial charge on any atom is -0.632 e. The molecule has 281 valence electrons. The van der Waals surface area contributed by atoms with Gasteiger partial charge >= 0.3 is 17.1 Å². The SMILES string of the molecule is FC1CC2C3[N-]C(NC4NC(NC5NC(NC6[N-]C(N3)C3CC(F)C(F)CC63)C3CC(F)C(F)CC53)C3CC(F)C(F)CC43)C2CC1F.[Cu+2]. The Bertz CT molecular complexity index is 948. The molecule has 49 heavy (non-hydrogen) atoms. The Morgan fingerprint density at radius 3 is 0.755 bits per heavy atom. The second-order valence-corrected chi connectivity index (χ2v) is 16.3. The Balaban J connectivity index is 0.00000348. The van der Waals surface area contributed by atoms with E-state index in [1.807, 2.05) is 0 Å². The summed E-state index contributed by atoms with van der Waals surface area (Å²) in [6.45, 7) is 0. The van der Waals surface area contributed by atoms with Crippen LogP contribution < -0.4 is 31.9 Å². The van der Waals surface area contributed by atoms with Crippen molar-refractivity contribution in [3.63, 3.8) is 0 Å². The monoisotopic (exact) mass is 757 g/mol. The average molecular weight is 758 g/mol. The van der Waals surface area contributed by atoms with Crippen LogP contribution in [0.1, 0.15) is 51.4 Å². The fourth-order valence-electron chi connectivity index (χ4n) is 11.4. The number of nitrogens with zero attached hydrogens (tertiary/aromatic N) is 2. The standard InChI is InChI=1S/C32H46F8N8.Cu/c33-17-1-9-10(2-18(17)34)26-41-25(9)45-27-11-3-19(35)20(36)4-12(11)29(42-27)47-31-15-7-23(39)24(40)8-16(15)32(44-31)48-30-14-6-22(38)21(37)5-13(14)28(43-30)46-26;/h9-32,41-42,45-48H,1-8H2;/q-2;+2. The van der Waals surface area contributed by atoms with Gasteiger partial charge in [-0.05, 0) is 98.7 Å². The van der Waals surface area contributed by atoms with Crippen LogP contribution in [0.4, 0.5) is 35.1 Å². The van der Waals surface area contributed by atoms with Crippen LogP contribution >= 0.6 is 0 Å². The minimum absolute atomic E-state index is 0. The van der Waals surface area contributed by atoms with Crippen molar-refractivity contribution < 1.29 is 52.2 Å². The third kappa shape index (κ3) is 6.09. The topological polar surface area (TPSA) is 100 Å². The molecule has 4 saturated carbocycles. The quantitative estimate of drug-likeness (QED) is 0.167. The third-order valence-corrected chi connectivity index (χ3v) is 13.8. The Hall–Kier alpha value is -0.361. The van der Waals surface area contributed by atoms with E-state index >= 15 is 0 Å². The summed E-state index contributed by atoms with van der Waals surface area (Å²) in [4.78, 5) is 0. The van der Waals surface area contributed by atoms with Gasteiger partial charge in [-0.2, -0.15) is 0 Å². The van der Waals surface area contributed by atoms with Gasteiger partial charge in [-0.1, -0.05) is 24.7 Å². The van der Waals surface area contributed by atoms with Crippen molar-refractivity contribution in [1.82, 2.24) is 31.9 Å². The van der Waals surface area contributed by atoms with Crippen molar-refractivity contribution in [3.05, 3.63) is 10.6 Å². The molecule has 4 aliphatic carbocycles. The van der Waals surface area contributed by atoms with Gasteiger partial charge in [0.25, 0.3) is 0 Å². The molecule has 9 fully saturated rings. The largest absolute Gasteiger partial charge is 2.00 e. The van der Waals surface area contributed by atoms with Gasteiger partial charge in [0.05, 0.1) is 24.7 Å². The first-order valence-electron chi connectivity index (χ1n) is 18.1. The number of fused-ring (bicyclic) bond motifs is 20. The molecule has 0 spiro atoms. The van der Waals surface area contributed by atoms with Crippen LogP contribution in [-0.2, 0) is 17.1 Å². The van der Waals surface area contributed by atoms with Crippen molar-refractivity contribution in [3.8, 4) is 0 Å². The molecule has 24 unspecified atom stereocenters. The molecule has 17 heteroatoms. The molecule has 0 aromatic carbocycles. The first-order valence-corrected chi connectivity index (χ1v) is 18.1. The van der Waals surface area contributed by atoms with Gasteiger partial charge < -0.3 is 26.6 Å². The molecule has 24 atom stereocenters. The van der Waals surface area contributed by atoms with Crippen LogP contribution in [0.2, 0.25) is 0 Å². The van der Waals surface area contributed by atoms with E-state index in [2.05, 4.69) is 31.9 Å². The number of alkyl halides is 8. The van der Waals surface area contributed by atoms with Gasteiger partial charge in [0.15, 0.2) is 0 Å². The normalized spacial score (nSPS) is 61.2. The van der Waals surface area contributed by atoms with E-state index in [1.165, 1.54) is 0 Å². The number of halogens is 8. The molecule has 0 aromatic heterocycles. The van der Waals surface area contributed by atoms with E-state index in [0.717, 1.165) is 0 Å². The molecule has 1 radical (unpaired) electrons. The Kier molecular flexibility index (Phi) is 9.82. The fraction of sp³-hybridized carbons (Fsp3) is 1.00. The van der Waals surface area contributed by atoms with E-state index in [-0.39, 0.29) is 104 Å². The second kappa shape index (κ2) is 13.5. The number of rotatable bonds is 0. The molecule has 8 nitrogen and oxygen atoms in total. The molecular weight excluding hydrogens is 712 g/mol. The van der Waals surface area contributed by atoms with E-state index < -0.39 is 111 Å². The van der Waals surface area contributed by atoms with Crippen LogP contribution in [0.5, 0.6) is 0 Å². The molecule has 5 heterocycles. The Morgan fingerprint density at radius 1 is 0.286 bits per heavy atom. The van der Waals surface area contributed by atoms with E-state index in [4.69, 9.17) is 10.6 Å². The number of nitrogens with one attached hydrogen (secondary N) is 6. The average Bonchev–Trinajstić information content (AvgIpc) is 3.74. The number of hydrogen-bond donors (Lipinski definition) is 6. The maximum atomic E-state index is 14.9. The molecule has 6 N–H and O–H groups in total. The van der Waals surface area contributed by atoms with Crippen molar-refractivity contribution in [2.75, 3.05) is 0 Å². The maximum absolute atomic E-state index is 14.9. The molecule has 5 aliphatic heterocycles. The number of hydrogen-bond acceptors (Lipinski definition) is 6. The summed E-state index contributed by atoms with van der Waals surface area (Å²) in [5, 5.41) is 31.0. The van der Waals surface area contributed by atoms with E-state index in [0.29, 0.717) is 0 Å². The molecule has 0 amide bonds. The van der Waals surface area contributed by atoms with Gasteiger partial charge in [-0.25, -0.2) is 35.1 Å². The summed E-state index contributed by atoms with van der Waals surface area (Å²) in [6, 6.07) is 0. The van der Waals surface area contributed by atoms with E-state index in [1.54, 1.807) is 0 Å². The van der Waals surface area contributed by atoms with Crippen LogP contribution in [0.3, 0.4) is 0 Å². The predicted molar refractivity (Wildman–Crippen MR) is 160 cm³/mol. The van der Waals surface area contributed by atoms with Gasteiger partial charge in [0.1, 0.15) is 49.4 Å². The molecule has 0 aromatic rings. The van der Waals surface area contributed by atoms with Crippen LogP contribution in [-0.4, -0.2) is 98.7 Å². The zero-order valence-corrected chi connectivity index (χ0v) is 27.7. The summed E-state index contributed by atoms with van der Waals surface area (Å²) in [5.41, 5.74) is 0. The van der Waals surface area contributed by atoms with Crippen molar-refractivity contribution in [1.29, 1.82) is 0 Å². The first-order chi connectivity index (χ1) is 23.0. The van der Waals surface area contributed by atoms with Crippen LogP contribution in [0, 0.1) is 47.3 Å². The summed E-state index contributed by atoms with van der Waals surface area (Å²) < 4.78 is 119. The van der Waals surface area contributed by atoms with Gasteiger partial charge in [-0.3, -0.25) is 16.0 Å². The Labute approximate surface area is 291 Å². The van der Waals surface area contributed by atoms with Crippen molar-refractivity contribution in [2.24, 2.45) is 47.3 Å². The summed E-state index contributed by atoms with van der Waals surface area (Å²) >= 11 is 0. The van der Waals surface area contributed by atoms with Crippen LogP contribution in [0.15, 0.2) is 0 Å². The molecular formula is C32H46CuF8N8. The van der Waals surface area contributed by atoms with E-state index in [9.17, 15) is 35.1 Å². The third-order valence-electron chi connectivity index (χ3n) is 13.8. The van der Waals surface area contributed by atoms with Gasteiger partial charge in [-0.15, -0.1) is 0 Å². The Morgan fingerprint density at radius 2 is 0.490 bits per heavy atom. The second-order valence-electron chi connectivity index (χ2n) is 16.3. The summed E-state index contributed by atoms with van der Waals surface area (Å²) in [5.74, 6) is -2.91. The summed E-state index contributed by atoms with van der Waals surface area (Å²) in [6.07, 6.45) is -18.3.